The number of allylic oxidation sites excluding steroid dienone is 3. The molecule has 1 nitrogen and oxygen atoms in total. The highest BCUT2D eigenvalue weighted by Crippen LogP contribution is 2.01. The van der Waals surface area contributed by atoms with Crippen LogP contribution in [-0.4, -0.2) is 13.3 Å². The average Bonchev–Trinajstić information content (AvgIpc) is 2.33. The van der Waals surface area contributed by atoms with E-state index in [1.165, 1.54) is 5.56 Å². The van der Waals surface area contributed by atoms with E-state index in [-0.39, 0.29) is 0 Å². The van der Waals surface area contributed by atoms with Gasteiger partial charge in [-0.3, -0.25) is 4.99 Å². The number of aliphatic imine (C=N–C) groups is 1. The van der Waals surface area contributed by atoms with E-state index in [4.69, 9.17) is 0 Å². The fourth-order valence-corrected chi connectivity index (χ4v) is 1.12. The Kier molecular flexibility index (Phi) is 8.90. The third-order valence-electron chi connectivity index (χ3n) is 1.78. The molecule has 1 rings (SSSR count). The van der Waals surface area contributed by atoms with Gasteiger partial charge in [0.2, 0.25) is 0 Å². The molecule has 1 aromatic rings. The summed E-state index contributed by atoms with van der Waals surface area (Å²) in [7, 11) is 1.78. The fraction of sp³-hybridized carbons (Fsp3) is 0.267. The van der Waals surface area contributed by atoms with E-state index in [9.17, 15) is 0 Å². The molecule has 0 heterocycles. The van der Waals surface area contributed by atoms with E-state index < -0.39 is 0 Å². The molecule has 1 heteroatoms. The Balaban J connectivity index is 0.00000106. The Hall–Kier alpha value is -1.63. The molecule has 0 atom stereocenters. The monoisotopic (exact) mass is 215 g/mol. The molecule has 0 N–H and O–H groups in total. The number of nitrogens with zero attached hydrogens (tertiary/aromatic N) is 1. The number of hydrogen-bond acceptors (Lipinski definition) is 1. The normalized spacial score (nSPS) is 11.6. The Labute approximate surface area is 99.2 Å². The molecule has 0 saturated heterocycles. The fourth-order valence-electron chi connectivity index (χ4n) is 1.12. The van der Waals surface area contributed by atoms with E-state index in [0.717, 1.165) is 5.57 Å². The maximum Gasteiger partial charge on any atom is 0.0277 e. The predicted molar refractivity (Wildman–Crippen MR) is 75.0 cm³/mol. The molecule has 0 saturated carbocycles. The smallest absolute Gasteiger partial charge is 0.0277 e. The zero-order valence-corrected chi connectivity index (χ0v) is 10.6. The highest BCUT2D eigenvalue weighted by Gasteiger charge is 1.81. The van der Waals surface area contributed by atoms with Crippen molar-refractivity contribution >= 4 is 12.3 Å². The van der Waals surface area contributed by atoms with Gasteiger partial charge in [0.05, 0.1) is 0 Å². The van der Waals surface area contributed by atoms with Crippen molar-refractivity contribution in [3.05, 3.63) is 53.6 Å². The molecule has 16 heavy (non-hydrogen) atoms. The lowest BCUT2D eigenvalue weighted by Crippen LogP contribution is -1.74. The maximum absolute atomic E-state index is 3.93. The van der Waals surface area contributed by atoms with E-state index in [2.05, 4.69) is 23.2 Å². The second-order valence-corrected chi connectivity index (χ2v) is 3.07. The lowest BCUT2D eigenvalue weighted by atomic mass is 10.2. The average molecular weight is 215 g/mol. The van der Waals surface area contributed by atoms with Crippen LogP contribution < -0.4 is 0 Å². The van der Waals surface area contributed by atoms with Crippen molar-refractivity contribution < 1.29 is 0 Å². The zero-order valence-electron chi connectivity index (χ0n) is 10.6. The maximum atomic E-state index is 3.93. The van der Waals surface area contributed by atoms with Crippen molar-refractivity contribution in [2.45, 2.75) is 20.8 Å². The van der Waals surface area contributed by atoms with Gasteiger partial charge in [-0.2, -0.15) is 0 Å². The minimum Gasteiger partial charge on any atom is -0.296 e. The number of benzene rings is 1. The predicted octanol–water partition coefficient (Wildman–Crippen LogP) is 4.37. The molecular weight excluding hydrogens is 194 g/mol. The Morgan fingerprint density at radius 1 is 1.12 bits per heavy atom. The lowest BCUT2D eigenvalue weighted by Gasteiger charge is -1.89. The SMILES string of the molecule is CC.CN=C/C(C)=C\C=C/c1ccccc1. The zero-order chi connectivity index (χ0) is 12.2. The minimum atomic E-state index is 1.15. The van der Waals surface area contributed by atoms with Gasteiger partial charge in [-0.25, -0.2) is 0 Å². The first-order chi connectivity index (χ1) is 7.83. The molecule has 0 radical (unpaired) electrons. The second kappa shape index (κ2) is 9.91. The highest BCUT2D eigenvalue weighted by atomic mass is 14.6. The van der Waals surface area contributed by atoms with Gasteiger partial charge in [0.1, 0.15) is 0 Å². The molecule has 0 bridgehead atoms. The first-order valence-electron chi connectivity index (χ1n) is 5.65. The summed E-state index contributed by atoms with van der Waals surface area (Å²) in [6, 6.07) is 10.2. The summed E-state index contributed by atoms with van der Waals surface area (Å²) >= 11 is 0. The highest BCUT2D eigenvalue weighted by molar-refractivity contribution is 5.78. The van der Waals surface area contributed by atoms with Crippen molar-refractivity contribution in [2.75, 3.05) is 7.05 Å². The number of rotatable bonds is 3. The van der Waals surface area contributed by atoms with Crippen LogP contribution in [0.5, 0.6) is 0 Å². The molecular formula is C15H21N. The number of hydrogen-bond donors (Lipinski definition) is 0. The Bertz CT molecular complexity index is 345. The van der Waals surface area contributed by atoms with Crippen LogP contribution in [0.25, 0.3) is 6.08 Å². The van der Waals surface area contributed by atoms with Gasteiger partial charge < -0.3 is 0 Å². The van der Waals surface area contributed by atoms with Crippen molar-refractivity contribution in [1.29, 1.82) is 0 Å². The van der Waals surface area contributed by atoms with Gasteiger partial charge in [0.25, 0.3) is 0 Å². The van der Waals surface area contributed by atoms with Crippen molar-refractivity contribution in [2.24, 2.45) is 4.99 Å². The molecule has 0 aliphatic carbocycles. The van der Waals surface area contributed by atoms with Gasteiger partial charge in [-0.05, 0) is 18.1 Å². The first-order valence-corrected chi connectivity index (χ1v) is 5.65. The van der Waals surface area contributed by atoms with Crippen LogP contribution in [0.15, 0.2) is 53.0 Å². The summed E-state index contributed by atoms with van der Waals surface area (Å²) in [5, 5.41) is 0. The summed E-state index contributed by atoms with van der Waals surface area (Å²) in [6.45, 7) is 6.03. The van der Waals surface area contributed by atoms with Gasteiger partial charge in [-0.1, -0.05) is 62.4 Å². The van der Waals surface area contributed by atoms with Crippen LogP contribution in [0.1, 0.15) is 26.3 Å². The van der Waals surface area contributed by atoms with E-state index in [1.54, 1.807) is 7.05 Å². The summed E-state index contributed by atoms with van der Waals surface area (Å²) in [4.78, 5) is 3.93. The Morgan fingerprint density at radius 3 is 2.31 bits per heavy atom. The molecule has 86 valence electrons. The van der Waals surface area contributed by atoms with Gasteiger partial charge in [0.15, 0.2) is 0 Å². The standard InChI is InChI=1S/C13H15N.C2H6/c1-12(11-14-2)7-6-10-13-8-4-3-5-9-13;1-2/h3-11H,1-2H3;1-2H3/b10-6-,12-7-,14-11?;. The molecule has 0 fully saturated rings. The van der Waals surface area contributed by atoms with Crippen LogP contribution in [-0.2, 0) is 0 Å². The minimum absolute atomic E-state index is 1.15. The topological polar surface area (TPSA) is 12.4 Å². The molecule has 0 unspecified atom stereocenters. The molecule has 0 aromatic heterocycles. The molecule has 0 amide bonds. The van der Waals surface area contributed by atoms with E-state index >= 15 is 0 Å². The summed E-state index contributed by atoms with van der Waals surface area (Å²) in [5.41, 5.74) is 2.37. The third-order valence-corrected chi connectivity index (χ3v) is 1.78. The summed E-state index contributed by atoms with van der Waals surface area (Å²) in [6.07, 6.45) is 7.99. The summed E-state index contributed by atoms with van der Waals surface area (Å²) in [5.74, 6) is 0. The quantitative estimate of drug-likeness (QED) is 0.524. The lowest BCUT2D eigenvalue weighted by molar-refractivity contribution is 1.45. The van der Waals surface area contributed by atoms with Crippen molar-refractivity contribution in [3.63, 3.8) is 0 Å². The van der Waals surface area contributed by atoms with E-state index in [1.807, 2.05) is 57.3 Å². The van der Waals surface area contributed by atoms with Gasteiger partial charge in [-0.15, -0.1) is 0 Å². The van der Waals surface area contributed by atoms with Crippen LogP contribution in [0.2, 0.25) is 0 Å². The van der Waals surface area contributed by atoms with Gasteiger partial charge in [0, 0.05) is 13.3 Å². The van der Waals surface area contributed by atoms with Crippen LogP contribution in [0, 0.1) is 0 Å². The first kappa shape index (κ1) is 14.4. The molecule has 1 aromatic carbocycles. The van der Waals surface area contributed by atoms with E-state index in [0.29, 0.717) is 0 Å². The molecule has 0 aliphatic rings. The molecule has 0 aliphatic heterocycles. The Morgan fingerprint density at radius 2 is 1.75 bits per heavy atom. The largest absolute Gasteiger partial charge is 0.296 e. The third kappa shape index (κ3) is 6.77. The van der Waals surface area contributed by atoms with Crippen molar-refractivity contribution in [1.82, 2.24) is 0 Å². The summed E-state index contributed by atoms with van der Waals surface area (Å²) < 4.78 is 0. The second-order valence-electron chi connectivity index (χ2n) is 3.07. The van der Waals surface area contributed by atoms with Crippen LogP contribution in [0.4, 0.5) is 0 Å². The molecule has 0 spiro atoms. The van der Waals surface area contributed by atoms with Crippen LogP contribution in [0.3, 0.4) is 0 Å². The van der Waals surface area contributed by atoms with Crippen LogP contribution >= 0.6 is 0 Å². The van der Waals surface area contributed by atoms with Gasteiger partial charge >= 0.3 is 0 Å². The van der Waals surface area contributed by atoms with Crippen molar-refractivity contribution in [3.8, 4) is 0 Å².